The molecule has 6 unspecified atom stereocenters. The normalized spacial score (nSPS) is 12.8. The number of carbonyl (C=O) groups excluding carboxylic acids is 12. The van der Waals surface area contributed by atoms with E-state index in [1.165, 1.54) is 154 Å². The number of unbranched alkanes of at least 4 members (excludes halogenated alkanes) is 32. The van der Waals surface area contributed by atoms with Crippen molar-refractivity contribution in [1.82, 2.24) is 19.6 Å². The Bertz CT molecular complexity index is 2760. The first-order valence-electron chi connectivity index (χ1n) is 53.9. The van der Waals surface area contributed by atoms with Crippen LogP contribution < -0.4 is 0 Å². The maximum atomic E-state index is 13.6. The smallest absolute Gasteiger partial charge is 0.318 e. The van der Waals surface area contributed by atoms with Gasteiger partial charge in [-0.1, -0.05) is 241 Å². The van der Waals surface area contributed by atoms with Crippen molar-refractivity contribution in [1.29, 1.82) is 0 Å². The SMILES string of the molecule is CCCCCCCCSC(C)C(=O)OCCOC(=O)CCN(CCCCCN(CCC(=O)OCCOC(=O)C(C)SCCCCCCCC)CCN(CCC(=O)OCCOC(=O)C(C)SCCCCCCCC)CCC(=O)OCCOC(=O)C(C)SCCCCCCCC)CCN(CCC(=O)OCCOC(=O)C(C)SCCCCCCCC)CCC(=O)OCCOC(=O)C(C)SCCCCCCCC. The van der Waals surface area contributed by atoms with Crippen LogP contribution in [-0.2, 0) is 114 Å². The van der Waals surface area contributed by atoms with Crippen molar-refractivity contribution in [3.63, 3.8) is 0 Å². The number of carbonyl (C=O) groups is 12. The Hall–Kier alpha value is -4.42. The summed E-state index contributed by atoms with van der Waals surface area (Å²) in [6.45, 7) is 26.1. The Labute approximate surface area is 866 Å². The molecular formula is C105H192N4O24S6. The van der Waals surface area contributed by atoms with Gasteiger partial charge < -0.3 is 76.4 Å². The molecule has 0 heterocycles. The third-order valence-electron chi connectivity index (χ3n) is 23.4. The molecular weight excluding hydrogens is 1890 g/mol. The van der Waals surface area contributed by atoms with E-state index in [-0.39, 0.29) is 224 Å². The summed E-state index contributed by atoms with van der Waals surface area (Å²) in [6, 6.07) is 0. The number of ether oxygens (including phenoxy) is 12. The summed E-state index contributed by atoms with van der Waals surface area (Å²) in [5.74, 6) is -0.320. The lowest BCUT2D eigenvalue weighted by molar-refractivity contribution is -0.152. The predicted molar refractivity (Wildman–Crippen MR) is 571 cm³/mol. The minimum Gasteiger partial charge on any atom is -0.462 e. The standard InChI is InChI=1S/C105H192N4O24S6/c1-13-19-25-31-37-46-82-134-88(7)100(116)128-76-70-122-94(110)52-60-106(66-68-108(62-54-96(112)124-72-78-130-102(118)90(9)136-84-48-39-33-27-21-15-3)63-55-97(113)125-73-79-131-103(119)91(10)137-85-49-40-34-28-22-16-4)58-44-43-45-59-107(61-53-95(111)123-71-77-129-101(117)89(8)135-83-47-38-32-26-20-14-2)67-69-109(64-56-98(114)126-74-80-132-104(120)92(11)138-86-50-41-35-29-23-17-5)65-57-99(115)127-75-81-133-105(121)93(12)139-87-51-42-36-30-24-18-6/h88-93H,13-87H2,1-12H3. The van der Waals surface area contributed by atoms with Gasteiger partial charge in [0.05, 0.1) is 70.0 Å². The molecule has 0 spiro atoms. The van der Waals surface area contributed by atoms with Crippen LogP contribution in [0, 0.1) is 0 Å². The molecule has 6 atom stereocenters. The topological polar surface area (TPSA) is 329 Å². The molecule has 139 heavy (non-hydrogen) atoms. The first-order chi connectivity index (χ1) is 67.3. The average Bonchev–Trinajstić information content (AvgIpc) is 0.930. The molecule has 0 saturated carbocycles. The van der Waals surface area contributed by atoms with Crippen molar-refractivity contribution in [2.75, 3.05) is 192 Å². The third kappa shape index (κ3) is 86.4. The van der Waals surface area contributed by atoms with Gasteiger partial charge in [0.2, 0.25) is 0 Å². The molecule has 0 aliphatic carbocycles. The second kappa shape index (κ2) is 98.3. The average molecular weight is 2090 g/mol. The molecule has 0 aromatic rings. The van der Waals surface area contributed by atoms with Crippen molar-refractivity contribution in [2.24, 2.45) is 0 Å². The van der Waals surface area contributed by atoms with Crippen LogP contribution in [0.2, 0.25) is 0 Å². The number of nitrogens with zero attached hydrogens (tertiary/aromatic N) is 4. The van der Waals surface area contributed by atoms with Gasteiger partial charge in [-0.15, -0.1) is 70.6 Å². The zero-order valence-corrected chi connectivity index (χ0v) is 93.4. The van der Waals surface area contributed by atoms with Crippen LogP contribution in [-0.4, -0.2) is 315 Å². The van der Waals surface area contributed by atoms with E-state index >= 15 is 0 Å². The van der Waals surface area contributed by atoms with Gasteiger partial charge in [-0.2, -0.15) is 0 Å². The summed E-state index contributed by atoms with van der Waals surface area (Å²) in [5, 5.41) is -2.25. The minimum absolute atomic E-state index is 0.0176. The molecule has 0 N–H and O–H groups in total. The number of hydrogen-bond acceptors (Lipinski definition) is 34. The summed E-state index contributed by atoms with van der Waals surface area (Å²) >= 11 is 9.29. The van der Waals surface area contributed by atoms with Crippen LogP contribution in [0.4, 0.5) is 0 Å². The van der Waals surface area contributed by atoms with E-state index in [0.29, 0.717) is 58.5 Å². The number of thioether (sulfide) groups is 6. The van der Waals surface area contributed by atoms with Crippen LogP contribution >= 0.6 is 70.6 Å². The molecule has 28 nitrogen and oxygen atoms in total. The Morgan fingerprint density at radius 3 is 0.453 bits per heavy atom. The maximum absolute atomic E-state index is 13.6. The van der Waals surface area contributed by atoms with Crippen molar-refractivity contribution < 1.29 is 114 Å². The molecule has 0 radical (unpaired) electrons. The summed E-state index contributed by atoms with van der Waals surface area (Å²) in [4.78, 5) is 167. The van der Waals surface area contributed by atoms with Crippen LogP contribution in [0.25, 0.3) is 0 Å². The van der Waals surface area contributed by atoms with Gasteiger partial charge in [0.15, 0.2) is 0 Å². The lowest BCUT2D eigenvalue weighted by Crippen LogP contribution is -2.39. The highest BCUT2D eigenvalue weighted by Crippen LogP contribution is 2.24. The van der Waals surface area contributed by atoms with E-state index in [9.17, 15) is 57.5 Å². The fourth-order valence-electron chi connectivity index (χ4n) is 14.4. The number of rotatable bonds is 102. The predicted octanol–water partition coefficient (Wildman–Crippen LogP) is 21.1. The lowest BCUT2D eigenvalue weighted by atomic mass is 10.1. The second-order valence-corrected chi connectivity index (χ2v) is 44.6. The summed E-state index contributed by atoms with van der Waals surface area (Å²) < 4.78 is 66.7. The van der Waals surface area contributed by atoms with E-state index in [2.05, 4.69) is 51.3 Å². The molecule has 0 amide bonds. The fourth-order valence-corrected chi connectivity index (χ4v) is 20.0. The van der Waals surface area contributed by atoms with Crippen molar-refractivity contribution >= 4 is 142 Å². The first kappa shape index (κ1) is 135. The highest BCUT2D eigenvalue weighted by atomic mass is 32.2. The molecule has 34 heteroatoms. The minimum atomic E-state index is -0.534. The van der Waals surface area contributed by atoms with E-state index in [0.717, 1.165) is 112 Å². The molecule has 0 aromatic heterocycles. The molecule has 0 fully saturated rings. The summed E-state index contributed by atoms with van der Waals surface area (Å²) in [6.07, 6.45) is 43.0. The molecule has 0 aromatic carbocycles. The largest absolute Gasteiger partial charge is 0.462 e. The molecule has 0 aliphatic heterocycles. The van der Waals surface area contributed by atoms with Crippen LogP contribution in [0.15, 0.2) is 0 Å². The maximum Gasteiger partial charge on any atom is 0.318 e. The molecule has 0 bridgehead atoms. The van der Waals surface area contributed by atoms with Crippen LogP contribution in [0.5, 0.6) is 0 Å². The van der Waals surface area contributed by atoms with E-state index in [1.54, 1.807) is 70.6 Å². The Balaban J connectivity index is 7.14. The second-order valence-electron chi connectivity index (χ2n) is 35.9. The zero-order chi connectivity index (χ0) is 102. The quantitative estimate of drug-likeness (QED) is 0.0310. The van der Waals surface area contributed by atoms with Gasteiger partial charge >= 0.3 is 71.6 Å². The van der Waals surface area contributed by atoms with Gasteiger partial charge in [0.25, 0.3) is 0 Å². The summed E-state index contributed by atoms with van der Waals surface area (Å²) in [5.41, 5.74) is 0. The molecule has 0 aliphatic rings. The monoisotopic (exact) mass is 2090 g/mol. The fraction of sp³-hybridized carbons (Fsp3) is 0.886. The van der Waals surface area contributed by atoms with Crippen molar-refractivity contribution in [2.45, 2.75) is 404 Å². The van der Waals surface area contributed by atoms with Gasteiger partial charge in [-0.3, -0.25) is 57.5 Å². The summed E-state index contributed by atoms with van der Waals surface area (Å²) in [7, 11) is 0. The molecule has 0 saturated heterocycles. The van der Waals surface area contributed by atoms with Gasteiger partial charge in [-0.05, 0) is 141 Å². The van der Waals surface area contributed by atoms with Gasteiger partial charge in [0, 0.05) is 65.4 Å². The van der Waals surface area contributed by atoms with E-state index in [1.807, 2.05) is 51.3 Å². The number of hydrogen-bond donors (Lipinski definition) is 0. The number of esters is 12. The Kier molecular flexibility index (Phi) is 95.1. The lowest BCUT2D eigenvalue weighted by Gasteiger charge is -2.28. The highest BCUT2D eigenvalue weighted by Gasteiger charge is 2.25. The molecule has 812 valence electrons. The Morgan fingerprint density at radius 1 is 0.165 bits per heavy atom. The Morgan fingerprint density at radius 2 is 0.295 bits per heavy atom. The highest BCUT2D eigenvalue weighted by molar-refractivity contribution is 8.01. The van der Waals surface area contributed by atoms with Crippen LogP contribution in [0.3, 0.4) is 0 Å². The van der Waals surface area contributed by atoms with Gasteiger partial charge in [-0.25, -0.2) is 0 Å². The van der Waals surface area contributed by atoms with Crippen molar-refractivity contribution in [3.8, 4) is 0 Å². The molecule has 0 rings (SSSR count). The van der Waals surface area contributed by atoms with E-state index < -0.39 is 35.8 Å². The van der Waals surface area contributed by atoms with Gasteiger partial charge in [0.1, 0.15) is 79.3 Å². The first-order valence-corrected chi connectivity index (χ1v) is 60.2. The van der Waals surface area contributed by atoms with Crippen molar-refractivity contribution in [3.05, 3.63) is 0 Å². The zero-order valence-electron chi connectivity index (χ0n) is 88.5. The van der Waals surface area contributed by atoms with E-state index in [4.69, 9.17) is 56.8 Å². The third-order valence-corrected chi connectivity index (χ3v) is 30.7. The van der Waals surface area contributed by atoms with Crippen LogP contribution in [0.1, 0.15) is 372 Å².